The van der Waals surface area contributed by atoms with Crippen LogP contribution in [0.1, 0.15) is 19.8 Å². The second-order valence-electron chi connectivity index (χ2n) is 1.85. The fourth-order valence-electron chi connectivity index (χ4n) is 0.701. The van der Waals surface area contributed by atoms with Gasteiger partial charge in [0.1, 0.15) is 0 Å². The maximum atomic E-state index is 3.19. The Balaban J connectivity index is 2.38. The first-order chi connectivity index (χ1) is 2.89. The van der Waals surface area contributed by atoms with Crippen LogP contribution in [0.2, 0.25) is 0 Å². The van der Waals surface area contributed by atoms with Crippen LogP contribution in [-0.4, -0.2) is 0 Å². The van der Waals surface area contributed by atoms with E-state index in [0.29, 0.717) is 0 Å². The predicted molar refractivity (Wildman–Crippen MR) is 26.2 cm³/mol. The first kappa shape index (κ1) is 3.91. The summed E-state index contributed by atoms with van der Waals surface area (Å²) in [7, 11) is 0. The van der Waals surface area contributed by atoms with E-state index in [1.54, 1.807) is 0 Å². The molecule has 0 heterocycles. The summed E-state index contributed by atoms with van der Waals surface area (Å²) >= 11 is 0. The molecule has 1 rings (SSSR count). The quantitative estimate of drug-likeness (QED) is 0.417. The molecule has 1 atom stereocenters. The van der Waals surface area contributed by atoms with Crippen LogP contribution in [-0.2, 0) is 0 Å². The summed E-state index contributed by atoms with van der Waals surface area (Å²) < 4.78 is 0. The Kier molecular flexibility index (Phi) is 0.952. The van der Waals surface area contributed by atoms with Crippen molar-refractivity contribution in [3.05, 3.63) is 12.2 Å². The van der Waals surface area contributed by atoms with Gasteiger partial charge in [0.25, 0.3) is 0 Å². The van der Waals surface area contributed by atoms with Gasteiger partial charge in [-0.3, -0.25) is 0 Å². The van der Waals surface area contributed by atoms with Crippen molar-refractivity contribution in [1.82, 2.24) is 0 Å². The van der Waals surface area contributed by atoms with E-state index in [1.165, 1.54) is 12.8 Å². The number of hydrogen-bond acceptors (Lipinski definition) is 0. The van der Waals surface area contributed by atoms with Gasteiger partial charge in [0.2, 0.25) is 0 Å². The molecule has 0 aliphatic heterocycles. The molecule has 1 aliphatic rings. The first-order valence-corrected chi connectivity index (χ1v) is 2.47. The van der Waals surface area contributed by atoms with E-state index in [1.807, 2.05) is 0 Å². The van der Waals surface area contributed by atoms with Gasteiger partial charge in [-0.15, -0.1) is 0 Å². The maximum absolute atomic E-state index is 3.19. The first-order valence-electron chi connectivity index (χ1n) is 2.47. The molecule has 0 N–H and O–H groups in total. The van der Waals surface area contributed by atoms with Crippen LogP contribution in [0.4, 0.5) is 0 Å². The minimum Gasteiger partial charge on any atom is -0.0807 e. The Morgan fingerprint density at radius 3 is 2.83 bits per heavy atom. The number of hydrogen-bond donors (Lipinski definition) is 0. The SMILES string of the molecule is CC1[C]=CCC1. The normalized spacial score (nSPS) is 31.8. The molecule has 0 saturated carbocycles. The lowest BCUT2D eigenvalue weighted by atomic mass is 10.2. The Hall–Kier alpha value is -0.260. The number of allylic oxidation sites excluding steroid dienone is 2. The zero-order valence-electron chi connectivity index (χ0n) is 4.07. The molecule has 6 heavy (non-hydrogen) atoms. The summed E-state index contributed by atoms with van der Waals surface area (Å²) in [5, 5.41) is 0. The highest BCUT2D eigenvalue weighted by atomic mass is 14.0. The lowest BCUT2D eigenvalue weighted by Crippen LogP contribution is -1.77. The predicted octanol–water partition coefficient (Wildman–Crippen LogP) is 1.78. The molecule has 0 saturated heterocycles. The van der Waals surface area contributed by atoms with E-state index < -0.39 is 0 Å². The third-order valence-electron chi connectivity index (χ3n) is 1.15. The smallest absolute Gasteiger partial charge is 0.0188 e. The topological polar surface area (TPSA) is 0 Å². The van der Waals surface area contributed by atoms with Gasteiger partial charge in [-0.1, -0.05) is 13.0 Å². The molecule has 0 heteroatoms. The van der Waals surface area contributed by atoms with Gasteiger partial charge in [0.05, 0.1) is 0 Å². The van der Waals surface area contributed by atoms with Gasteiger partial charge >= 0.3 is 0 Å². The molecule has 0 fully saturated rings. The van der Waals surface area contributed by atoms with Gasteiger partial charge < -0.3 is 0 Å². The minimum atomic E-state index is 0.741. The van der Waals surface area contributed by atoms with Crippen LogP contribution in [0, 0.1) is 12.0 Å². The largest absolute Gasteiger partial charge is 0.0807 e. The molecule has 0 spiro atoms. The van der Waals surface area contributed by atoms with E-state index in [-0.39, 0.29) is 0 Å². The zero-order chi connectivity index (χ0) is 4.41. The number of rotatable bonds is 0. The molecular formula is C6H9. The van der Waals surface area contributed by atoms with E-state index in [9.17, 15) is 0 Å². The zero-order valence-corrected chi connectivity index (χ0v) is 4.07. The van der Waals surface area contributed by atoms with Gasteiger partial charge in [0.15, 0.2) is 0 Å². The summed E-state index contributed by atoms with van der Waals surface area (Å²) in [6, 6.07) is 0. The third kappa shape index (κ3) is 0.618. The van der Waals surface area contributed by atoms with Gasteiger partial charge in [-0.05, 0) is 24.8 Å². The van der Waals surface area contributed by atoms with E-state index in [2.05, 4.69) is 19.1 Å². The second kappa shape index (κ2) is 1.46. The molecule has 1 aliphatic carbocycles. The Morgan fingerprint density at radius 1 is 1.83 bits per heavy atom. The fraction of sp³-hybridized carbons (Fsp3) is 0.667. The summed E-state index contributed by atoms with van der Waals surface area (Å²) in [5.74, 6) is 0.741. The fourth-order valence-corrected chi connectivity index (χ4v) is 0.701. The second-order valence-corrected chi connectivity index (χ2v) is 1.85. The molecule has 0 aromatic carbocycles. The Bertz CT molecular complexity index is 62.4. The van der Waals surface area contributed by atoms with E-state index >= 15 is 0 Å². The maximum Gasteiger partial charge on any atom is -0.0188 e. The van der Waals surface area contributed by atoms with Crippen LogP contribution in [0.3, 0.4) is 0 Å². The molecule has 0 aromatic heterocycles. The van der Waals surface area contributed by atoms with Crippen LogP contribution < -0.4 is 0 Å². The lowest BCUT2D eigenvalue weighted by Gasteiger charge is -1.88. The molecule has 0 nitrogen and oxygen atoms in total. The van der Waals surface area contributed by atoms with E-state index in [0.717, 1.165) is 5.92 Å². The summed E-state index contributed by atoms with van der Waals surface area (Å²) in [4.78, 5) is 0. The van der Waals surface area contributed by atoms with Crippen molar-refractivity contribution in [1.29, 1.82) is 0 Å². The average Bonchev–Trinajstić information content (AvgIpc) is 1.86. The summed E-state index contributed by atoms with van der Waals surface area (Å²) in [6.07, 6.45) is 7.89. The Morgan fingerprint density at radius 2 is 2.67 bits per heavy atom. The minimum absolute atomic E-state index is 0.741. The van der Waals surface area contributed by atoms with Crippen molar-refractivity contribution in [2.45, 2.75) is 19.8 Å². The molecular weight excluding hydrogens is 72.1 g/mol. The van der Waals surface area contributed by atoms with Crippen molar-refractivity contribution in [3.63, 3.8) is 0 Å². The Labute approximate surface area is 38.9 Å². The third-order valence-corrected chi connectivity index (χ3v) is 1.15. The standard InChI is InChI=1S/C6H9/c1-6-4-2-3-5-6/h2,6H,3,5H2,1H3. The van der Waals surface area contributed by atoms with Crippen LogP contribution in [0.25, 0.3) is 0 Å². The summed E-state index contributed by atoms with van der Waals surface area (Å²) in [6.45, 7) is 2.20. The molecule has 1 unspecified atom stereocenters. The molecule has 0 bridgehead atoms. The van der Waals surface area contributed by atoms with Crippen LogP contribution >= 0.6 is 0 Å². The molecule has 33 valence electrons. The van der Waals surface area contributed by atoms with Crippen molar-refractivity contribution in [2.75, 3.05) is 0 Å². The van der Waals surface area contributed by atoms with Crippen molar-refractivity contribution in [2.24, 2.45) is 5.92 Å². The lowest BCUT2D eigenvalue weighted by molar-refractivity contribution is 0.688. The summed E-state index contributed by atoms with van der Waals surface area (Å²) in [5.41, 5.74) is 0. The van der Waals surface area contributed by atoms with Gasteiger partial charge in [-0.2, -0.15) is 0 Å². The van der Waals surface area contributed by atoms with Gasteiger partial charge in [0, 0.05) is 0 Å². The molecule has 0 aromatic rings. The molecule has 0 amide bonds. The van der Waals surface area contributed by atoms with Crippen molar-refractivity contribution >= 4 is 0 Å². The monoisotopic (exact) mass is 81.1 g/mol. The van der Waals surface area contributed by atoms with E-state index in [4.69, 9.17) is 0 Å². The highest BCUT2D eigenvalue weighted by Gasteiger charge is 1.99. The van der Waals surface area contributed by atoms with Crippen molar-refractivity contribution < 1.29 is 0 Å². The molecule has 1 radical (unpaired) electrons. The van der Waals surface area contributed by atoms with Crippen molar-refractivity contribution in [3.8, 4) is 0 Å². The van der Waals surface area contributed by atoms with Gasteiger partial charge in [-0.25, -0.2) is 0 Å². The average molecular weight is 81.1 g/mol. The highest BCUT2D eigenvalue weighted by molar-refractivity contribution is 4.86. The van der Waals surface area contributed by atoms with Crippen LogP contribution in [0.5, 0.6) is 0 Å². The van der Waals surface area contributed by atoms with Crippen LogP contribution in [0.15, 0.2) is 6.08 Å². The highest BCUT2D eigenvalue weighted by Crippen LogP contribution is 2.13.